The Morgan fingerprint density at radius 2 is 1.81 bits per heavy atom. The smallest absolute Gasteiger partial charge is 0.261 e. The zero-order valence-electron chi connectivity index (χ0n) is 14.9. The molecule has 3 rings (SSSR count). The number of halogens is 1. The molecule has 0 spiro atoms. The van der Waals surface area contributed by atoms with Gasteiger partial charge >= 0.3 is 0 Å². The van der Waals surface area contributed by atoms with Crippen LogP contribution in [0, 0.1) is 6.92 Å². The Hall–Kier alpha value is -2.25. The quantitative estimate of drug-likeness (QED) is 0.794. The molecule has 6 nitrogen and oxygen atoms in total. The molecule has 1 heterocycles. The molecule has 0 aromatic heterocycles. The molecule has 27 heavy (non-hydrogen) atoms. The summed E-state index contributed by atoms with van der Waals surface area (Å²) in [5.74, 6) is 0.391. The van der Waals surface area contributed by atoms with Crippen LogP contribution in [0.5, 0.6) is 5.75 Å². The van der Waals surface area contributed by atoms with E-state index in [2.05, 4.69) is 4.72 Å². The molecule has 1 saturated heterocycles. The second kappa shape index (κ2) is 8.19. The summed E-state index contributed by atoms with van der Waals surface area (Å²) in [6, 6.07) is 10.9. The molecule has 0 aliphatic carbocycles. The summed E-state index contributed by atoms with van der Waals surface area (Å²) in [5, 5.41) is 0.488. The van der Waals surface area contributed by atoms with E-state index in [0.717, 1.165) is 31.5 Å². The number of rotatable bonds is 6. The van der Waals surface area contributed by atoms with Gasteiger partial charge in [0.2, 0.25) is 0 Å². The van der Waals surface area contributed by atoms with Crippen molar-refractivity contribution in [1.29, 1.82) is 0 Å². The van der Waals surface area contributed by atoms with Crippen molar-refractivity contribution in [2.75, 3.05) is 24.4 Å². The van der Waals surface area contributed by atoms with Crippen molar-refractivity contribution >= 4 is 33.2 Å². The normalized spacial score (nSPS) is 14.2. The number of likely N-dealkylation sites (tertiary alicyclic amines) is 1. The number of aryl methyl sites for hydroxylation is 1. The zero-order chi connectivity index (χ0) is 19.4. The number of hydrogen-bond donors (Lipinski definition) is 1. The molecule has 8 heteroatoms. The Balaban J connectivity index is 1.62. The summed E-state index contributed by atoms with van der Waals surface area (Å²) in [6.07, 6.45) is 2.05. The van der Waals surface area contributed by atoms with Crippen LogP contribution < -0.4 is 9.46 Å². The largest absolute Gasteiger partial charge is 0.484 e. The van der Waals surface area contributed by atoms with E-state index in [0.29, 0.717) is 16.5 Å². The van der Waals surface area contributed by atoms with Crippen molar-refractivity contribution in [3.63, 3.8) is 0 Å². The van der Waals surface area contributed by atoms with Gasteiger partial charge in [0.25, 0.3) is 15.9 Å². The molecule has 2 aromatic carbocycles. The molecule has 0 unspecified atom stereocenters. The van der Waals surface area contributed by atoms with Crippen molar-refractivity contribution in [2.45, 2.75) is 24.7 Å². The predicted molar refractivity (Wildman–Crippen MR) is 105 cm³/mol. The minimum Gasteiger partial charge on any atom is -0.484 e. The number of hydrogen-bond acceptors (Lipinski definition) is 4. The SMILES string of the molecule is Cc1ccc(NS(=O)(=O)c2ccc(OCC(=O)N3CCCC3)cc2)cc1Cl. The van der Waals surface area contributed by atoms with Gasteiger partial charge in [-0.05, 0) is 61.7 Å². The Morgan fingerprint density at radius 3 is 2.44 bits per heavy atom. The number of nitrogens with one attached hydrogen (secondary N) is 1. The minimum absolute atomic E-state index is 0.0494. The van der Waals surface area contributed by atoms with E-state index in [1.54, 1.807) is 23.1 Å². The third kappa shape index (κ3) is 4.93. The van der Waals surface area contributed by atoms with E-state index >= 15 is 0 Å². The molecular weight excluding hydrogens is 388 g/mol. The van der Waals surface area contributed by atoms with Crippen LogP contribution in [-0.4, -0.2) is 38.9 Å². The summed E-state index contributed by atoms with van der Waals surface area (Å²) in [7, 11) is -3.74. The molecule has 2 aromatic rings. The van der Waals surface area contributed by atoms with Gasteiger partial charge in [-0.3, -0.25) is 9.52 Å². The van der Waals surface area contributed by atoms with Gasteiger partial charge < -0.3 is 9.64 Å². The fraction of sp³-hybridized carbons (Fsp3) is 0.316. The van der Waals surface area contributed by atoms with Gasteiger partial charge in [-0.1, -0.05) is 17.7 Å². The van der Waals surface area contributed by atoms with Crippen molar-refractivity contribution in [3.8, 4) is 5.75 Å². The van der Waals surface area contributed by atoms with Crippen LogP contribution in [0.4, 0.5) is 5.69 Å². The number of ether oxygens (including phenoxy) is 1. The molecule has 1 amide bonds. The molecule has 1 aliphatic heterocycles. The lowest BCUT2D eigenvalue weighted by atomic mass is 10.2. The minimum atomic E-state index is -3.74. The lowest BCUT2D eigenvalue weighted by Crippen LogP contribution is -2.32. The first kappa shape index (κ1) is 19.5. The summed E-state index contributed by atoms with van der Waals surface area (Å²) >= 11 is 6.03. The Morgan fingerprint density at radius 1 is 1.15 bits per heavy atom. The molecule has 0 radical (unpaired) electrons. The highest BCUT2D eigenvalue weighted by Gasteiger charge is 2.19. The van der Waals surface area contributed by atoms with Gasteiger partial charge in [-0.15, -0.1) is 0 Å². The second-order valence-electron chi connectivity index (χ2n) is 6.42. The highest BCUT2D eigenvalue weighted by atomic mass is 35.5. The van der Waals surface area contributed by atoms with Crippen LogP contribution in [0.3, 0.4) is 0 Å². The van der Waals surface area contributed by atoms with Crippen LogP contribution in [-0.2, 0) is 14.8 Å². The van der Waals surface area contributed by atoms with Crippen molar-refractivity contribution in [3.05, 3.63) is 53.1 Å². The molecule has 0 bridgehead atoms. The number of benzene rings is 2. The zero-order valence-corrected chi connectivity index (χ0v) is 16.5. The summed E-state index contributed by atoms with van der Waals surface area (Å²) in [5.41, 5.74) is 1.26. The van der Waals surface area contributed by atoms with Crippen molar-refractivity contribution in [1.82, 2.24) is 4.90 Å². The van der Waals surface area contributed by atoms with E-state index in [1.165, 1.54) is 24.3 Å². The third-order valence-electron chi connectivity index (χ3n) is 4.38. The predicted octanol–water partition coefficient (Wildman–Crippen LogP) is 3.45. The van der Waals surface area contributed by atoms with Crippen LogP contribution in [0.15, 0.2) is 47.4 Å². The Kier molecular flexibility index (Phi) is 5.92. The van der Waals surface area contributed by atoms with Crippen LogP contribution in [0.2, 0.25) is 5.02 Å². The third-order valence-corrected chi connectivity index (χ3v) is 6.18. The maximum atomic E-state index is 12.5. The van der Waals surface area contributed by atoms with Crippen LogP contribution in [0.25, 0.3) is 0 Å². The topological polar surface area (TPSA) is 75.7 Å². The molecular formula is C19H21ClN2O4S. The number of sulfonamides is 1. The van der Waals surface area contributed by atoms with Crippen molar-refractivity contribution < 1.29 is 17.9 Å². The second-order valence-corrected chi connectivity index (χ2v) is 8.51. The number of nitrogens with zero attached hydrogens (tertiary/aromatic N) is 1. The van der Waals surface area contributed by atoms with Gasteiger partial charge in [0, 0.05) is 18.1 Å². The number of amides is 1. The average Bonchev–Trinajstić information content (AvgIpc) is 3.18. The van der Waals surface area contributed by atoms with E-state index in [9.17, 15) is 13.2 Å². The first-order chi connectivity index (χ1) is 12.8. The van der Waals surface area contributed by atoms with Gasteiger partial charge in [0.1, 0.15) is 5.75 Å². The lowest BCUT2D eigenvalue weighted by molar-refractivity contribution is -0.132. The van der Waals surface area contributed by atoms with Crippen LogP contribution in [0.1, 0.15) is 18.4 Å². The van der Waals surface area contributed by atoms with Gasteiger partial charge in [-0.25, -0.2) is 8.42 Å². The number of carbonyl (C=O) groups is 1. The maximum absolute atomic E-state index is 12.5. The lowest BCUT2D eigenvalue weighted by Gasteiger charge is -2.15. The highest BCUT2D eigenvalue weighted by molar-refractivity contribution is 7.92. The maximum Gasteiger partial charge on any atom is 0.261 e. The molecule has 144 valence electrons. The standard InChI is InChI=1S/C19H21ClN2O4S/c1-14-4-5-15(12-18(14)20)21-27(24,25)17-8-6-16(7-9-17)26-13-19(23)22-10-2-3-11-22/h4-9,12,21H,2-3,10-11,13H2,1H3. The van der Waals surface area contributed by atoms with E-state index in [1.807, 2.05) is 6.92 Å². The van der Waals surface area contributed by atoms with Gasteiger partial charge in [0.15, 0.2) is 6.61 Å². The molecule has 0 atom stereocenters. The van der Waals surface area contributed by atoms with Crippen LogP contribution >= 0.6 is 11.6 Å². The summed E-state index contributed by atoms with van der Waals surface area (Å²) in [4.78, 5) is 13.9. The average molecular weight is 409 g/mol. The highest BCUT2D eigenvalue weighted by Crippen LogP contribution is 2.23. The number of carbonyl (C=O) groups excluding carboxylic acids is 1. The first-order valence-electron chi connectivity index (χ1n) is 8.65. The molecule has 1 fully saturated rings. The molecule has 1 aliphatic rings. The number of anilines is 1. The fourth-order valence-corrected chi connectivity index (χ4v) is 4.02. The Labute approximate surface area is 164 Å². The van der Waals surface area contributed by atoms with E-state index in [-0.39, 0.29) is 17.4 Å². The van der Waals surface area contributed by atoms with E-state index in [4.69, 9.17) is 16.3 Å². The Bertz CT molecular complexity index is 923. The van der Waals surface area contributed by atoms with Gasteiger partial charge in [0.05, 0.1) is 10.6 Å². The summed E-state index contributed by atoms with van der Waals surface area (Å²) in [6.45, 7) is 3.34. The molecule has 0 saturated carbocycles. The molecule has 1 N–H and O–H groups in total. The first-order valence-corrected chi connectivity index (χ1v) is 10.5. The van der Waals surface area contributed by atoms with Crippen molar-refractivity contribution in [2.24, 2.45) is 0 Å². The fourth-order valence-electron chi connectivity index (χ4n) is 2.79. The van der Waals surface area contributed by atoms with Gasteiger partial charge in [-0.2, -0.15) is 0 Å². The monoisotopic (exact) mass is 408 g/mol. The summed E-state index contributed by atoms with van der Waals surface area (Å²) < 4.78 is 33.0. The van der Waals surface area contributed by atoms with E-state index < -0.39 is 10.0 Å².